The van der Waals surface area contributed by atoms with Gasteiger partial charge in [-0.1, -0.05) is 20.8 Å². The highest BCUT2D eigenvalue weighted by atomic mass is 16.5. The lowest BCUT2D eigenvalue weighted by Gasteiger charge is -2.41. The van der Waals surface area contributed by atoms with E-state index in [2.05, 4.69) is 5.32 Å². The number of hydrogen-bond acceptors (Lipinski definition) is 3. The largest absolute Gasteiger partial charge is 0.381 e. The first kappa shape index (κ1) is 14.5. The molecular weight excluding hydrogens is 218 g/mol. The fourth-order valence-corrected chi connectivity index (χ4v) is 2.08. The molecule has 1 saturated heterocycles. The minimum Gasteiger partial charge on any atom is -0.381 e. The monoisotopic (exact) mass is 243 g/mol. The summed E-state index contributed by atoms with van der Waals surface area (Å²) >= 11 is 0. The van der Waals surface area contributed by atoms with Gasteiger partial charge in [-0.3, -0.25) is 4.79 Å². The van der Waals surface area contributed by atoms with E-state index >= 15 is 0 Å². The van der Waals surface area contributed by atoms with Crippen molar-refractivity contribution < 1.29 is 14.3 Å². The molecule has 1 aliphatic rings. The van der Waals surface area contributed by atoms with Gasteiger partial charge < -0.3 is 14.8 Å². The van der Waals surface area contributed by atoms with Crippen LogP contribution in [-0.2, 0) is 14.3 Å². The summed E-state index contributed by atoms with van der Waals surface area (Å²) in [4.78, 5) is 12.0. The van der Waals surface area contributed by atoms with Crippen LogP contribution in [0, 0.1) is 5.41 Å². The second-order valence-corrected chi connectivity index (χ2v) is 5.83. The van der Waals surface area contributed by atoms with Crippen molar-refractivity contribution in [2.45, 2.75) is 52.2 Å². The van der Waals surface area contributed by atoms with Gasteiger partial charge in [0.2, 0.25) is 5.91 Å². The topological polar surface area (TPSA) is 47.6 Å². The maximum atomic E-state index is 12.0. The standard InChI is InChI=1S/C13H25NO3/c1-10(14-11(15)12(2,3)4)13(16-5)6-8-17-9-7-13/h10H,6-9H2,1-5H3,(H,14,15). The minimum atomic E-state index is -0.367. The van der Waals surface area contributed by atoms with Crippen molar-refractivity contribution in [3.05, 3.63) is 0 Å². The maximum absolute atomic E-state index is 12.0. The summed E-state index contributed by atoms with van der Waals surface area (Å²) in [5.74, 6) is 0.0629. The van der Waals surface area contributed by atoms with Gasteiger partial charge in [0.15, 0.2) is 0 Å². The van der Waals surface area contributed by atoms with Gasteiger partial charge in [-0.15, -0.1) is 0 Å². The molecule has 1 aliphatic heterocycles. The molecular formula is C13H25NO3. The third-order valence-corrected chi connectivity index (χ3v) is 3.56. The van der Waals surface area contributed by atoms with Crippen LogP contribution in [-0.4, -0.2) is 37.9 Å². The molecule has 0 aromatic carbocycles. The zero-order valence-electron chi connectivity index (χ0n) is 11.6. The van der Waals surface area contributed by atoms with E-state index in [1.807, 2.05) is 27.7 Å². The summed E-state index contributed by atoms with van der Waals surface area (Å²) in [5.41, 5.74) is -0.645. The molecule has 1 heterocycles. The van der Waals surface area contributed by atoms with Gasteiger partial charge in [0, 0.05) is 38.6 Å². The smallest absolute Gasteiger partial charge is 0.225 e. The van der Waals surface area contributed by atoms with Gasteiger partial charge in [0.25, 0.3) is 0 Å². The maximum Gasteiger partial charge on any atom is 0.225 e. The van der Waals surface area contributed by atoms with Crippen molar-refractivity contribution >= 4 is 5.91 Å². The molecule has 1 rings (SSSR count). The van der Waals surface area contributed by atoms with Crippen LogP contribution in [0.4, 0.5) is 0 Å². The fraction of sp³-hybridized carbons (Fsp3) is 0.923. The Morgan fingerprint density at radius 2 is 1.88 bits per heavy atom. The first-order valence-corrected chi connectivity index (χ1v) is 6.26. The lowest BCUT2D eigenvalue weighted by atomic mass is 9.85. The van der Waals surface area contributed by atoms with Crippen molar-refractivity contribution in [3.63, 3.8) is 0 Å². The summed E-state index contributed by atoms with van der Waals surface area (Å²) in [5, 5.41) is 3.06. The molecule has 17 heavy (non-hydrogen) atoms. The lowest BCUT2D eigenvalue weighted by Crippen LogP contribution is -2.56. The predicted octanol–water partition coefficient (Wildman–Crippen LogP) is 1.73. The van der Waals surface area contributed by atoms with Crippen LogP contribution in [0.1, 0.15) is 40.5 Å². The molecule has 0 saturated carbocycles. The first-order chi connectivity index (χ1) is 7.82. The van der Waals surface area contributed by atoms with E-state index in [0.29, 0.717) is 13.2 Å². The Morgan fingerprint density at radius 3 is 2.29 bits per heavy atom. The molecule has 4 heteroatoms. The number of carbonyl (C=O) groups excluding carboxylic acids is 1. The molecule has 1 N–H and O–H groups in total. The quantitative estimate of drug-likeness (QED) is 0.821. The van der Waals surface area contributed by atoms with E-state index in [9.17, 15) is 4.79 Å². The lowest BCUT2D eigenvalue weighted by molar-refractivity contribution is -0.137. The van der Waals surface area contributed by atoms with Gasteiger partial charge in [-0.25, -0.2) is 0 Å². The third-order valence-electron chi connectivity index (χ3n) is 3.56. The van der Waals surface area contributed by atoms with E-state index in [0.717, 1.165) is 12.8 Å². The second kappa shape index (κ2) is 5.36. The third kappa shape index (κ3) is 3.42. The molecule has 1 amide bonds. The Morgan fingerprint density at radius 1 is 1.35 bits per heavy atom. The van der Waals surface area contributed by atoms with Gasteiger partial charge in [-0.2, -0.15) is 0 Å². The minimum absolute atomic E-state index is 0.00289. The highest BCUT2D eigenvalue weighted by Crippen LogP contribution is 2.28. The van der Waals surface area contributed by atoms with Gasteiger partial charge in [0.05, 0.1) is 11.6 Å². The van der Waals surface area contributed by atoms with Gasteiger partial charge in [-0.05, 0) is 6.92 Å². The summed E-state index contributed by atoms with van der Waals surface area (Å²) in [6, 6.07) is 0.00289. The van der Waals surface area contributed by atoms with E-state index < -0.39 is 0 Å². The summed E-state index contributed by atoms with van der Waals surface area (Å²) in [7, 11) is 1.71. The Balaban J connectivity index is 2.66. The number of methoxy groups -OCH3 is 1. The number of ether oxygens (including phenoxy) is 2. The molecule has 4 nitrogen and oxygen atoms in total. The molecule has 0 aromatic rings. The number of hydrogen-bond donors (Lipinski definition) is 1. The van der Waals surface area contributed by atoms with E-state index in [4.69, 9.17) is 9.47 Å². The zero-order valence-corrected chi connectivity index (χ0v) is 11.6. The average molecular weight is 243 g/mol. The van der Waals surface area contributed by atoms with Gasteiger partial charge in [0.1, 0.15) is 0 Å². The zero-order chi connectivity index (χ0) is 13.1. The Hall–Kier alpha value is -0.610. The van der Waals surface area contributed by atoms with Crippen molar-refractivity contribution in [1.29, 1.82) is 0 Å². The van der Waals surface area contributed by atoms with Crippen LogP contribution in [0.15, 0.2) is 0 Å². The molecule has 0 spiro atoms. The molecule has 0 radical (unpaired) electrons. The first-order valence-electron chi connectivity index (χ1n) is 6.26. The molecule has 1 atom stereocenters. The molecule has 100 valence electrons. The van der Waals surface area contributed by atoms with Crippen molar-refractivity contribution in [2.24, 2.45) is 5.41 Å². The van der Waals surface area contributed by atoms with E-state index in [1.165, 1.54) is 0 Å². The Bertz CT molecular complexity index is 264. The van der Waals surface area contributed by atoms with Crippen LogP contribution in [0.5, 0.6) is 0 Å². The van der Waals surface area contributed by atoms with Crippen LogP contribution in [0.3, 0.4) is 0 Å². The van der Waals surface area contributed by atoms with E-state index in [1.54, 1.807) is 7.11 Å². The molecule has 0 aliphatic carbocycles. The van der Waals surface area contributed by atoms with Crippen molar-refractivity contribution in [3.8, 4) is 0 Å². The summed E-state index contributed by atoms with van der Waals surface area (Å²) in [6.07, 6.45) is 1.66. The summed E-state index contributed by atoms with van der Waals surface area (Å²) < 4.78 is 11.0. The normalized spacial score (nSPS) is 21.9. The average Bonchev–Trinajstić information content (AvgIpc) is 2.28. The highest BCUT2D eigenvalue weighted by molar-refractivity contribution is 5.81. The van der Waals surface area contributed by atoms with E-state index in [-0.39, 0.29) is 23.0 Å². The summed E-state index contributed by atoms with van der Waals surface area (Å²) in [6.45, 7) is 9.15. The predicted molar refractivity (Wildman–Crippen MR) is 66.9 cm³/mol. The second-order valence-electron chi connectivity index (χ2n) is 5.83. The number of nitrogens with one attached hydrogen (secondary N) is 1. The Labute approximate surface area is 104 Å². The van der Waals surface area contributed by atoms with Crippen LogP contribution >= 0.6 is 0 Å². The highest BCUT2D eigenvalue weighted by Gasteiger charge is 2.40. The number of rotatable bonds is 3. The number of carbonyl (C=O) groups is 1. The van der Waals surface area contributed by atoms with Crippen LogP contribution in [0.25, 0.3) is 0 Å². The van der Waals surface area contributed by atoms with Crippen molar-refractivity contribution in [1.82, 2.24) is 5.32 Å². The van der Waals surface area contributed by atoms with Crippen LogP contribution < -0.4 is 5.32 Å². The molecule has 0 aromatic heterocycles. The number of amides is 1. The molecule has 0 bridgehead atoms. The Kier molecular flexibility index (Phi) is 4.55. The van der Waals surface area contributed by atoms with Gasteiger partial charge >= 0.3 is 0 Å². The van der Waals surface area contributed by atoms with Crippen molar-refractivity contribution in [2.75, 3.05) is 20.3 Å². The molecule has 1 fully saturated rings. The fourth-order valence-electron chi connectivity index (χ4n) is 2.08. The molecule has 1 unspecified atom stereocenters. The SMILES string of the molecule is COC1(C(C)NC(=O)C(C)(C)C)CCOCC1. The van der Waals surface area contributed by atoms with Crippen LogP contribution in [0.2, 0.25) is 0 Å².